The third-order valence-corrected chi connectivity index (χ3v) is 2.85. The predicted octanol–water partition coefficient (Wildman–Crippen LogP) is -0.0708. The SMILES string of the molecule is CCCCNC(=S)NCCCS(N)(=O)=O. The summed E-state index contributed by atoms with van der Waals surface area (Å²) in [5.74, 6) is -0.0163. The van der Waals surface area contributed by atoms with Crippen LogP contribution in [0.4, 0.5) is 0 Å². The summed E-state index contributed by atoms with van der Waals surface area (Å²) < 4.78 is 21.2. The van der Waals surface area contributed by atoms with Gasteiger partial charge in [-0.25, -0.2) is 13.6 Å². The average Bonchev–Trinajstić information content (AvgIpc) is 2.11. The van der Waals surface area contributed by atoms with Crippen LogP contribution >= 0.6 is 12.2 Å². The van der Waals surface area contributed by atoms with Crippen LogP contribution in [0.3, 0.4) is 0 Å². The zero-order chi connectivity index (χ0) is 11.7. The lowest BCUT2D eigenvalue weighted by atomic mass is 10.3. The average molecular weight is 253 g/mol. The van der Waals surface area contributed by atoms with Gasteiger partial charge in [-0.1, -0.05) is 13.3 Å². The number of sulfonamides is 1. The molecule has 0 rings (SSSR count). The first kappa shape index (κ1) is 14.6. The van der Waals surface area contributed by atoms with Crippen molar-refractivity contribution < 1.29 is 8.42 Å². The second kappa shape index (κ2) is 7.84. The molecule has 15 heavy (non-hydrogen) atoms. The first-order valence-corrected chi connectivity index (χ1v) is 7.10. The number of primary sulfonamides is 1. The van der Waals surface area contributed by atoms with Crippen molar-refractivity contribution in [2.75, 3.05) is 18.8 Å². The molecule has 0 atom stereocenters. The van der Waals surface area contributed by atoms with Gasteiger partial charge in [0.05, 0.1) is 5.75 Å². The van der Waals surface area contributed by atoms with Crippen molar-refractivity contribution in [2.45, 2.75) is 26.2 Å². The van der Waals surface area contributed by atoms with E-state index in [1.807, 2.05) is 0 Å². The van der Waals surface area contributed by atoms with Gasteiger partial charge < -0.3 is 10.6 Å². The quantitative estimate of drug-likeness (QED) is 0.437. The predicted molar refractivity (Wildman–Crippen MR) is 66.1 cm³/mol. The van der Waals surface area contributed by atoms with Crippen molar-refractivity contribution in [3.05, 3.63) is 0 Å². The smallest absolute Gasteiger partial charge is 0.209 e. The fourth-order valence-corrected chi connectivity index (χ4v) is 1.67. The van der Waals surface area contributed by atoms with E-state index in [0.717, 1.165) is 19.4 Å². The molecular formula is C8H19N3O2S2. The highest BCUT2D eigenvalue weighted by atomic mass is 32.2. The van der Waals surface area contributed by atoms with Gasteiger partial charge >= 0.3 is 0 Å². The Morgan fingerprint density at radius 3 is 2.27 bits per heavy atom. The zero-order valence-corrected chi connectivity index (χ0v) is 10.6. The van der Waals surface area contributed by atoms with Gasteiger partial charge in [-0.15, -0.1) is 0 Å². The largest absolute Gasteiger partial charge is 0.363 e. The molecule has 0 heterocycles. The van der Waals surface area contributed by atoms with Crippen LogP contribution in [0.2, 0.25) is 0 Å². The van der Waals surface area contributed by atoms with Gasteiger partial charge in [0.15, 0.2) is 5.11 Å². The maximum Gasteiger partial charge on any atom is 0.209 e. The molecular weight excluding hydrogens is 234 g/mol. The highest BCUT2D eigenvalue weighted by molar-refractivity contribution is 7.89. The van der Waals surface area contributed by atoms with Gasteiger partial charge in [-0.3, -0.25) is 0 Å². The maximum absolute atomic E-state index is 10.6. The van der Waals surface area contributed by atoms with Crippen LogP contribution in [0.15, 0.2) is 0 Å². The van der Waals surface area contributed by atoms with Gasteiger partial charge in [0.2, 0.25) is 10.0 Å². The normalized spacial score (nSPS) is 11.1. The van der Waals surface area contributed by atoms with E-state index in [2.05, 4.69) is 17.6 Å². The Bertz CT molecular complexity index is 278. The first-order valence-electron chi connectivity index (χ1n) is 4.98. The Kier molecular flexibility index (Phi) is 7.63. The third-order valence-electron chi connectivity index (χ3n) is 1.71. The van der Waals surface area contributed by atoms with Crippen LogP contribution in [0.1, 0.15) is 26.2 Å². The molecule has 0 radical (unpaired) electrons. The van der Waals surface area contributed by atoms with Crippen molar-refractivity contribution >= 4 is 27.4 Å². The van der Waals surface area contributed by atoms with E-state index in [-0.39, 0.29) is 5.75 Å². The minimum Gasteiger partial charge on any atom is -0.363 e. The number of nitrogens with one attached hydrogen (secondary N) is 2. The first-order chi connectivity index (χ1) is 6.95. The van der Waals surface area contributed by atoms with Crippen LogP contribution in [0, 0.1) is 0 Å². The summed E-state index contributed by atoms with van der Waals surface area (Å²) >= 11 is 4.97. The Hall–Kier alpha value is -0.400. The van der Waals surface area contributed by atoms with Gasteiger partial charge in [-0.05, 0) is 25.1 Å². The Morgan fingerprint density at radius 1 is 1.27 bits per heavy atom. The molecule has 0 aromatic heterocycles. The van der Waals surface area contributed by atoms with Crippen LogP contribution in [0.25, 0.3) is 0 Å². The molecule has 0 unspecified atom stereocenters. The fraction of sp³-hybridized carbons (Fsp3) is 0.875. The second-order valence-corrected chi connectivity index (χ2v) is 5.40. The highest BCUT2D eigenvalue weighted by Gasteiger charge is 2.01. The molecule has 0 aromatic carbocycles. The topological polar surface area (TPSA) is 84.2 Å². The van der Waals surface area contributed by atoms with Gasteiger partial charge in [0.25, 0.3) is 0 Å². The number of hydrogen-bond donors (Lipinski definition) is 3. The molecule has 0 saturated carbocycles. The van der Waals surface area contributed by atoms with E-state index in [1.54, 1.807) is 0 Å². The van der Waals surface area contributed by atoms with Crippen molar-refractivity contribution in [3.63, 3.8) is 0 Å². The molecule has 0 aliphatic heterocycles. The van der Waals surface area contributed by atoms with Crippen LogP contribution < -0.4 is 15.8 Å². The lowest BCUT2D eigenvalue weighted by Gasteiger charge is -2.09. The summed E-state index contributed by atoms with van der Waals surface area (Å²) in [5.41, 5.74) is 0. The minimum atomic E-state index is -3.35. The molecule has 0 aliphatic rings. The molecule has 4 N–H and O–H groups in total. The molecule has 0 aliphatic carbocycles. The Labute approximate surface area is 96.9 Å². The van der Waals surface area contributed by atoms with Crippen LogP contribution in [-0.4, -0.2) is 32.4 Å². The fourth-order valence-electron chi connectivity index (χ4n) is 0.916. The van der Waals surface area contributed by atoms with Crippen LogP contribution in [-0.2, 0) is 10.0 Å². The van der Waals surface area contributed by atoms with E-state index in [9.17, 15) is 8.42 Å². The zero-order valence-electron chi connectivity index (χ0n) is 8.95. The Morgan fingerprint density at radius 2 is 1.80 bits per heavy atom. The number of nitrogens with two attached hydrogens (primary N) is 1. The lowest BCUT2D eigenvalue weighted by Crippen LogP contribution is -2.36. The molecule has 0 fully saturated rings. The summed E-state index contributed by atoms with van der Waals surface area (Å²) in [6.07, 6.45) is 2.65. The summed E-state index contributed by atoms with van der Waals surface area (Å²) in [6.45, 7) is 3.47. The molecule has 5 nitrogen and oxygen atoms in total. The summed E-state index contributed by atoms with van der Waals surface area (Å²) in [6, 6.07) is 0. The van der Waals surface area contributed by atoms with E-state index in [1.165, 1.54) is 0 Å². The molecule has 0 saturated heterocycles. The standard InChI is InChI=1S/C8H19N3O2S2/c1-2-3-5-10-8(14)11-6-4-7-15(9,12)13/h2-7H2,1H3,(H2,9,12,13)(H2,10,11,14). The molecule has 0 aromatic rings. The maximum atomic E-state index is 10.6. The van der Waals surface area contributed by atoms with Crippen LogP contribution in [0.5, 0.6) is 0 Å². The number of hydrogen-bond acceptors (Lipinski definition) is 3. The number of unbranched alkanes of at least 4 members (excludes halogenated alkanes) is 1. The molecule has 0 amide bonds. The highest BCUT2D eigenvalue weighted by Crippen LogP contribution is 1.85. The third kappa shape index (κ3) is 11.5. The summed E-state index contributed by atoms with van der Waals surface area (Å²) in [4.78, 5) is 0. The molecule has 7 heteroatoms. The monoisotopic (exact) mass is 253 g/mol. The van der Waals surface area contributed by atoms with Crippen molar-refractivity contribution in [2.24, 2.45) is 5.14 Å². The number of thiocarbonyl (C=S) groups is 1. The summed E-state index contributed by atoms with van der Waals surface area (Å²) in [7, 11) is -3.35. The Balaban J connectivity index is 3.39. The van der Waals surface area contributed by atoms with E-state index in [0.29, 0.717) is 18.1 Å². The van der Waals surface area contributed by atoms with Crippen molar-refractivity contribution in [1.82, 2.24) is 10.6 Å². The molecule has 0 bridgehead atoms. The van der Waals surface area contributed by atoms with Crippen molar-refractivity contribution in [1.29, 1.82) is 0 Å². The van der Waals surface area contributed by atoms with E-state index < -0.39 is 10.0 Å². The molecule has 90 valence electrons. The summed E-state index contributed by atoms with van der Waals surface area (Å²) in [5, 5.41) is 11.3. The van der Waals surface area contributed by atoms with Gasteiger partial charge in [0, 0.05) is 13.1 Å². The second-order valence-electron chi connectivity index (χ2n) is 3.26. The van der Waals surface area contributed by atoms with E-state index >= 15 is 0 Å². The van der Waals surface area contributed by atoms with Crippen molar-refractivity contribution in [3.8, 4) is 0 Å². The van der Waals surface area contributed by atoms with Gasteiger partial charge in [-0.2, -0.15) is 0 Å². The molecule has 0 spiro atoms. The minimum absolute atomic E-state index is 0.0163. The lowest BCUT2D eigenvalue weighted by molar-refractivity contribution is 0.594. The van der Waals surface area contributed by atoms with E-state index in [4.69, 9.17) is 17.4 Å². The van der Waals surface area contributed by atoms with Gasteiger partial charge in [0.1, 0.15) is 0 Å². The number of rotatable bonds is 7.